The molecule has 140 valence electrons. The number of hydrogen-bond donors (Lipinski definition) is 3. The standard InChI is InChI=1S/C12H25NO2.C6H16N2/c1-2-3-4-5-6-7-8-9-10-11-12(14)15-13;7-5-3-1-2-4-6-8/h2-11,13H2,1H3;1-8H2. The largest absolute Gasteiger partial charge is 0.373 e. The highest BCUT2D eigenvalue weighted by molar-refractivity contribution is 5.68. The van der Waals surface area contributed by atoms with Crippen LogP contribution in [0.25, 0.3) is 0 Å². The van der Waals surface area contributed by atoms with E-state index in [2.05, 4.69) is 11.8 Å². The molecule has 0 spiro atoms. The van der Waals surface area contributed by atoms with Gasteiger partial charge in [0.25, 0.3) is 0 Å². The molecule has 0 amide bonds. The molecule has 0 bridgehead atoms. The van der Waals surface area contributed by atoms with Crippen molar-refractivity contribution < 1.29 is 9.63 Å². The minimum Gasteiger partial charge on any atom is -0.373 e. The SMILES string of the molecule is CCCCCCCCCCCC(=O)ON.NCCCCCCN. The van der Waals surface area contributed by atoms with Gasteiger partial charge < -0.3 is 16.3 Å². The van der Waals surface area contributed by atoms with Gasteiger partial charge in [-0.2, -0.15) is 5.90 Å². The lowest BCUT2D eigenvalue weighted by atomic mass is 10.1. The number of unbranched alkanes of at least 4 members (excludes halogenated alkanes) is 11. The van der Waals surface area contributed by atoms with Crippen LogP contribution in [0.4, 0.5) is 0 Å². The minimum absolute atomic E-state index is 0.294. The Kier molecular flexibility index (Phi) is 25.3. The van der Waals surface area contributed by atoms with E-state index in [-0.39, 0.29) is 5.97 Å². The van der Waals surface area contributed by atoms with Crippen molar-refractivity contribution in [1.29, 1.82) is 0 Å². The summed E-state index contributed by atoms with van der Waals surface area (Å²) < 4.78 is 0. The molecule has 0 aliphatic rings. The Bertz CT molecular complexity index is 220. The van der Waals surface area contributed by atoms with Gasteiger partial charge in [-0.3, -0.25) is 4.79 Å². The molecule has 23 heavy (non-hydrogen) atoms. The highest BCUT2D eigenvalue weighted by atomic mass is 16.7. The summed E-state index contributed by atoms with van der Waals surface area (Å²) in [4.78, 5) is 14.8. The summed E-state index contributed by atoms with van der Waals surface area (Å²) in [6.45, 7) is 3.88. The highest BCUT2D eigenvalue weighted by Crippen LogP contribution is 2.10. The van der Waals surface area contributed by atoms with E-state index in [1.54, 1.807) is 0 Å². The van der Waals surface area contributed by atoms with Crippen molar-refractivity contribution in [3.63, 3.8) is 0 Å². The molecule has 0 aliphatic heterocycles. The molecule has 5 heteroatoms. The maximum Gasteiger partial charge on any atom is 0.324 e. The second-order valence-electron chi connectivity index (χ2n) is 6.06. The molecule has 0 fully saturated rings. The molecule has 0 aromatic rings. The van der Waals surface area contributed by atoms with Gasteiger partial charge in [0, 0.05) is 6.42 Å². The fraction of sp³-hybridized carbons (Fsp3) is 0.944. The lowest BCUT2D eigenvalue weighted by Crippen LogP contribution is -2.08. The Labute approximate surface area is 143 Å². The van der Waals surface area contributed by atoms with Crippen LogP contribution in [0.2, 0.25) is 0 Å². The Hall–Kier alpha value is -0.650. The zero-order valence-electron chi connectivity index (χ0n) is 15.4. The summed E-state index contributed by atoms with van der Waals surface area (Å²) >= 11 is 0. The predicted octanol–water partition coefficient (Wildman–Crippen LogP) is 3.79. The fourth-order valence-corrected chi connectivity index (χ4v) is 2.28. The number of nitrogens with two attached hydrogens (primary N) is 3. The summed E-state index contributed by atoms with van der Waals surface area (Å²) in [6.07, 6.45) is 16.5. The van der Waals surface area contributed by atoms with Crippen LogP contribution < -0.4 is 17.4 Å². The number of carbonyl (C=O) groups is 1. The zero-order chi connectivity index (χ0) is 17.6. The van der Waals surface area contributed by atoms with Crippen LogP contribution >= 0.6 is 0 Å². The Morgan fingerprint density at radius 3 is 1.48 bits per heavy atom. The third-order valence-electron chi connectivity index (χ3n) is 3.77. The van der Waals surface area contributed by atoms with Gasteiger partial charge in [0.05, 0.1) is 0 Å². The van der Waals surface area contributed by atoms with Crippen molar-refractivity contribution in [2.45, 2.75) is 96.8 Å². The van der Waals surface area contributed by atoms with E-state index in [1.807, 2.05) is 0 Å². The average Bonchev–Trinajstić information content (AvgIpc) is 2.57. The van der Waals surface area contributed by atoms with Gasteiger partial charge in [-0.25, -0.2) is 0 Å². The number of carbonyl (C=O) groups excluding carboxylic acids is 1. The normalized spacial score (nSPS) is 10.1. The first-order valence-electron chi connectivity index (χ1n) is 9.52. The van der Waals surface area contributed by atoms with Crippen molar-refractivity contribution in [3.05, 3.63) is 0 Å². The summed E-state index contributed by atoms with van der Waals surface area (Å²) in [5.41, 5.74) is 10.6. The van der Waals surface area contributed by atoms with E-state index >= 15 is 0 Å². The van der Waals surface area contributed by atoms with Crippen LogP contribution in [-0.4, -0.2) is 19.1 Å². The van der Waals surface area contributed by atoms with Gasteiger partial charge >= 0.3 is 5.97 Å². The predicted molar refractivity (Wildman–Crippen MR) is 98.7 cm³/mol. The Balaban J connectivity index is 0. The van der Waals surface area contributed by atoms with Crippen molar-refractivity contribution >= 4 is 5.97 Å². The maximum absolute atomic E-state index is 10.7. The first-order chi connectivity index (χ1) is 11.2. The molecular weight excluding hydrogens is 290 g/mol. The quantitative estimate of drug-likeness (QED) is 0.313. The Morgan fingerprint density at radius 1 is 0.696 bits per heavy atom. The molecule has 0 heterocycles. The van der Waals surface area contributed by atoms with Crippen LogP contribution in [0.3, 0.4) is 0 Å². The summed E-state index contributed by atoms with van der Waals surface area (Å²) in [5, 5.41) is 0. The van der Waals surface area contributed by atoms with Crippen LogP contribution in [0.15, 0.2) is 0 Å². The monoisotopic (exact) mass is 331 g/mol. The van der Waals surface area contributed by atoms with Gasteiger partial charge in [-0.15, -0.1) is 0 Å². The average molecular weight is 332 g/mol. The van der Waals surface area contributed by atoms with E-state index in [1.165, 1.54) is 57.8 Å². The molecule has 5 nitrogen and oxygen atoms in total. The van der Waals surface area contributed by atoms with E-state index < -0.39 is 0 Å². The van der Waals surface area contributed by atoms with Gasteiger partial charge in [-0.1, -0.05) is 71.1 Å². The number of hydrogen-bond acceptors (Lipinski definition) is 5. The smallest absolute Gasteiger partial charge is 0.324 e. The zero-order valence-corrected chi connectivity index (χ0v) is 15.4. The molecule has 0 atom stereocenters. The first kappa shape index (κ1) is 24.6. The first-order valence-corrected chi connectivity index (χ1v) is 9.52. The van der Waals surface area contributed by atoms with Gasteiger partial charge in [0.2, 0.25) is 0 Å². The van der Waals surface area contributed by atoms with E-state index in [9.17, 15) is 4.79 Å². The summed E-state index contributed by atoms with van der Waals surface area (Å²) in [6, 6.07) is 0. The van der Waals surface area contributed by atoms with Crippen LogP contribution in [0.5, 0.6) is 0 Å². The van der Waals surface area contributed by atoms with Crippen molar-refractivity contribution in [2.75, 3.05) is 13.1 Å². The highest BCUT2D eigenvalue weighted by Gasteiger charge is 1.99. The fourth-order valence-electron chi connectivity index (χ4n) is 2.28. The van der Waals surface area contributed by atoms with Gasteiger partial charge in [0.15, 0.2) is 0 Å². The van der Waals surface area contributed by atoms with Crippen molar-refractivity contribution in [3.8, 4) is 0 Å². The molecule has 0 rings (SSSR count). The maximum atomic E-state index is 10.7. The molecule has 6 N–H and O–H groups in total. The molecule has 0 aromatic heterocycles. The third kappa shape index (κ3) is 26.6. The summed E-state index contributed by atoms with van der Waals surface area (Å²) in [5.74, 6) is 4.44. The molecule has 0 unspecified atom stereocenters. The summed E-state index contributed by atoms with van der Waals surface area (Å²) in [7, 11) is 0. The molecule has 0 aromatic carbocycles. The number of rotatable bonds is 15. The van der Waals surface area contributed by atoms with Gasteiger partial charge in [-0.05, 0) is 32.4 Å². The molecule has 0 aliphatic carbocycles. The van der Waals surface area contributed by atoms with E-state index in [4.69, 9.17) is 17.4 Å². The Morgan fingerprint density at radius 2 is 1.09 bits per heavy atom. The van der Waals surface area contributed by atoms with Crippen LogP contribution in [-0.2, 0) is 9.63 Å². The lowest BCUT2D eigenvalue weighted by Gasteiger charge is -2.01. The second kappa shape index (κ2) is 23.6. The lowest BCUT2D eigenvalue weighted by molar-refractivity contribution is -0.144. The van der Waals surface area contributed by atoms with Crippen molar-refractivity contribution in [1.82, 2.24) is 0 Å². The van der Waals surface area contributed by atoms with Gasteiger partial charge in [0.1, 0.15) is 0 Å². The van der Waals surface area contributed by atoms with Crippen molar-refractivity contribution in [2.24, 2.45) is 17.4 Å². The minimum atomic E-state index is -0.294. The second-order valence-corrected chi connectivity index (χ2v) is 6.06. The van der Waals surface area contributed by atoms with Crippen LogP contribution in [0.1, 0.15) is 96.8 Å². The molecule has 0 radical (unpaired) electrons. The third-order valence-corrected chi connectivity index (χ3v) is 3.77. The topological polar surface area (TPSA) is 104 Å². The van der Waals surface area contributed by atoms with Crippen LogP contribution in [0, 0.1) is 0 Å². The van der Waals surface area contributed by atoms with E-state index in [0.29, 0.717) is 6.42 Å². The van der Waals surface area contributed by atoms with E-state index in [0.717, 1.165) is 38.8 Å². The molecule has 0 saturated carbocycles. The molecule has 0 saturated heterocycles. The molecular formula is C18H41N3O2.